The van der Waals surface area contributed by atoms with Gasteiger partial charge >= 0.3 is 0 Å². The van der Waals surface area contributed by atoms with Gasteiger partial charge in [0.05, 0.1) is 32.1 Å². The summed E-state index contributed by atoms with van der Waals surface area (Å²) in [4.78, 5) is 12.6. The number of amidine groups is 1. The molecule has 174 valence electrons. The maximum absolute atomic E-state index is 8.00. The maximum atomic E-state index is 8.00. The van der Waals surface area contributed by atoms with Crippen molar-refractivity contribution in [1.82, 2.24) is 19.8 Å². The summed E-state index contributed by atoms with van der Waals surface area (Å²) in [7, 11) is 1.61. The predicted molar refractivity (Wildman–Crippen MR) is 134 cm³/mol. The highest BCUT2D eigenvalue weighted by atomic mass is 16.5. The van der Waals surface area contributed by atoms with E-state index >= 15 is 0 Å². The second-order valence-corrected chi connectivity index (χ2v) is 7.84. The van der Waals surface area contributed by atoms with Gasteiger partial charge in [0.1, 0.15) is 18.0 Å². The summed E-state index contributed by atoms with van der Waals surface area (Å²) >= 11 is 0. The molecule has 9 nitrogen and oxygen atoms in total. The largest absolute Gasteiger partial charge is 0.493 e. The molecule has 1 saturated heterocycles. The average Bonchev–Trinajstić information content (AvgIpc) is 2.86. The van der Waals surface area contributed by atoms with Crippen LogP contribution in [-0.4, -0.2) is 71.8 Å². The first-order chi connectivity index (χ1) is 16.6. The number of methoxy groups -OCH3 is 1. The van der Waals surface area contributed by atoms with Crippen LogP contribution in [0.15, 0.2) is 42.7 Å². The molecule has 0 saturated carbocycles. The molecule has 0 unspecified atom stereocenters. The van der Waals surface area contributed by atoms with Crippen LogP contribution in [0.2, 0.25) is 0 Å². The molecule has 1 aromatic heterocycles. The molecule has 4 rings (SSSR count). The van der Waals surface area contributed by atoms with Crippen molar-refractivity contribution in [2.75, 3.05) is 45.2 Å². The Labute approximate surface area is 198 Å². The van der Waals surface area contributed by atoms with Crippen LogP contribution in [0.5, 0.6) is 11.5 Å². The third kappa shape index (κ3) is 5.24. The Kier molecular flexibility index (Phi) is 7.20. The van der Waals surface area contributed by atoms with Crippen molar-refractivity contribution in [3.05, 3.63) is 48.3 Å². The van der Waals surface area contributed by atoms with E-state index in [9.17, 15) is 0 Å². The lowest BCUT2D eigenvalue weighted by Gasteiger charge is -2.33. The van der Waals surface area contributed by atoms with Gasteiger partial charge in [-0.3, -0.25) is 15.7 Å². The molecule has 0 bridgehead atoms. The minimum Gasteiger partial charge on any atom is -0.493 e. The lowest BCUT2D eigenvalue weighted by atomic mass is 10.2. The number of rotatable bonds is 9. The summed E-state index contributed by atoms with van der Waals surface area (Å²) in [5.74, 6) is 4.96. The Bertz CT molecular complexity index is 1240. The van der Waals surface area contributed by atoms with Gasteiger partial charge in [0, 0.05) is 42.3 Å². The van der Waals surface area contributed by atoms with E-state index < -0.39 is 0 Å². The predicted octanol–water partition coefficient (Wildman–Crippen LogP) is 3.33. The Morgan fingerprint density at radius 3 is 2.85 bits per heavy atom. The molecule has 9 heteroatoms. The van der Waals surface area contributed by atoms with Crippen molar-refractivity contribution in [3.63, 3.8) is 0 Å². The molecule has 3 aromatic rings. The minimum atomic E-state index is 0.450. The van der Waals surface area contributed by atoms with Gasteiger partial charge in [-0.05, 0) is 30.7 Å². The number of ether oxygens (including phenoxy) is 2. The number of fused-ring (bicyclic) bond motifs is 1. The van der Waals surface area contributed by atoms with Crippen LogP contribution in [0, 0.1) is 23.2 Å². The van der Waals surface area contributed by atoms with E-state index in [4.69, 9.17) is 26.7 Å². The summed E-state index contributed by atoms with van der Waals surface area (Å²) in [6.45, 7) is 3.35. The second-order valence-electron chi connectivity index (χ2n) is 7.84. The first-order valence-electron chi connectivity index (χ1n) is 11.0. The molecule has 0 spiro atoms. The fourth-order valence-corrected chi connectivity index (χ4v) is 3.83. The molecular weight excluding hydrogens is 430 g/mol. The number of anilines is 2. The topological polar surface area (TPSA) is 110 Å². The SMILES string of the molecule is C#Cc1cccc(Nc2ncnc3cc(OC)c(OCCCN4CCN(C=N)C(=N)C4)cc23)c1. The van der Waals surface area contributed by atoms with Crippen LogP contribution >= 0.6 is 0 Å². The summed E-state index contributed by atoms with van der Waals surface area (Å²) in [6.07, 6.45) is 9.04. The van der Waals surface area contributed by atoms with E-state index in [1.54, 1.807) is 12.0 Å². The fourth-order valence-electron chi connectivity index (χ4n) is 3.83. The lowest BCUT2D eigenvalue weighted by Crippen LogP contribution is -2.49. The molecule has 1 fully saturated rings. The quantitative estimate of drug-likeness (QED) is 0.196. The molecule has 2 heterocycles. The molecule has 1 aliphatic heterocycles. The van der Waals surface area contributed by atoms with E-state index in [0.717, 1.165) is 41.7 Å². The van der Waals surface area contributed by atoms with Gasteiger partial charge in [0.2, 0.25) is 0 Å². The zero-order valence-corrected chi connectivity index (χ0v) is 19.0. The number of piperazine rings is 1. The van der Waals surface area contributed by atoms with E-state index in [0.29, 0.717) is 42.8 Å². The van der Waals surface area contributed by atoms with Gasteiger partial charge < -0.3 is 19.7 Å². The standard InChI is InChI=1S/C25H27N7O2/c1-3-18-6-4-7-19(12-18)30-25-20-13-23(22(33-2)14-21(20)28-17-29-25)34-11-5-8-31-9-10-32(16-26)24(27)15-31/h1,4,6-7,12-14,16-17,26-27H,5,8-11,15H2,2H3,(H,28,29,30). The average molecular weight is 458 g/mol. The van der Waals surface area contributed by atoms with E-state index in [1.807, 2.05) is 36.4 Å². The van der Waals surface area contributed by atoms with Gasteiger partial charge in [0.25, 0.3) is 0 Å². The van der Waals surface area contributed by atoms with Crippen molar-refractivity contribution in [3.8, 4) is 23.8 Å². The molecule has 0 aliphatic carbocycles. The zero-order chi connectivity index (χ0) is 23.9. The van der Waals surface area contributed by atoms with Crippen LogP contribution in [0.1, 0.15) is 12.0 Å². The molecule has 0 radical (unpaired) electrons. The van der Waals surface area contributed by atoms with E-state index in [-0.39, 0.29) is 0 Å². The number of nitrogens with one attached hydrogen (secondary N) is 3. The summed E-state index contributed by atoms with van der Waals surface area (Å²) in [5.41, 5.74) is 2.35. The smallest absolute Gasteiger partial charge is 0.162 e. The number of hydrogen-bond acceptors (Lipinski definition) is 8. The number of hydrogen-bond donors (Lipinski definition) is 3. The zero-order valence-electron chi connectivity index (χ0n) is 19.0. The van der Waals surface area contributed by atoms with Crippen molar-refractivity contribution in [2.45, 2.75) is 6.42 Å². The van der Waals surface area contributed by atoms with Crippen molar-refractivity contribution < 1.29 is 9.47 Å². The molecule has 34 heavy (non-hydrogen) atoms. The number of terminal acetylenes is 1. The van der Waals surface area contributed by atoms with Crippen molar-refractivity contribution >= 4 is 34.6 Å². The van der Waals surface area contributed by atoms with E-state index in [1.165, 1.54) is 12.7 Å². The fraction of sp³-hybridized carbons (Fsp3) is 0.280. The molecule has 0 atom stereocenters. The molecule has 0 amide bonds. The monoisotopic (exact) mass is 457 g/mol. The van der Waals surface area contributed by atoms with Crippen LogP contribution in [0.3, 0.4) is 0 Å². The Morgan fingerprint density at radius 1 is 1.21 bits per heavy atom. The Hall–Kier alpha value is -4.16. The van der Waals surface area contributed by atoms with Gasteiger partial charge in [-0.15, -0.1) is 6.42 Å². The van der Waals surface area contributed by atoms with Gasteiger partial charge in [0.15, 0.2) is 11.5 Å². The normalized spacial score (nSPS) is 14.0. The summed E-state index contributed by atoms with van der Waals surface area (Å²) < 4.78 is 11.6. The highest BCUT2D eigenvalue weighted by Crippen LogP contribution is 2.34. The van der Waals surface area contributed by atoms with Crippen LogP contribution in [0.4, 0.5) is 11.5 Å². The number of nitrogens with zero attached hydrogens (tertiary/aromatic N) is 4. The molecule has 3 N–H and O–H groups in total. The summed E-state index contributed by atoms with van der Waals surface area (Å²) in [5, 5.41) is 19.5. The first kappa shape index (κ1) is 23.0. The van der Waals surface area contributed by atoms with Crippen LogP contribution in [0.25, 0.3) is 10.9 Å². The van der Waals surface area contributed by atoms with Gasteiger partial charge in [-0.1, -0.05) is 12.0 Å². The van der Waals surface area contributed by atoms with Gasteiger partial charge in [-0.25, -0.2) is 9.97 Å². The third-order valence-electron chi connectivity index (χ3n) is 5.62. The Balaban J connectivity index is 1.45. The highest BCUT2D eigenvalue weighted by Gasteiger charge is 2.19. The highest BCUT2D eigenvalue weighted by molar-refractivity contribution is 5.93. The molecular formula is C25H27N7O2. The van der Waals surface area contributed by atoms with Crippen molar-refractivity contribution in [1.29, 1.82) is 10.8 Å². The second kappa shape index (κ2) is 10.6. The molecule has 2 aromatic carbocycles. The number of aromatic nitrogens is 2. The van der Waals surface area contributed by atoms with E-state index in [2.05, 4.69) is 26.1 Å². The lowest BCUT2D eigenvalue weighted by molar-refractivity contribution is 0.226. The van der Waals surface area contributed by atoms with Gasteiger partial charge in [-0.2, -0.15) is 0 Å². The number of benzene rings is 2. The molecule has 1 aliphatic rings. The van der Waals surface area contributed by atoms with Crippen LogP contribution in [-0.2, 0) is 0 Å². The van der Waals surface area contributed by atoms with Crippen molar-refractivity contribution in [2.24, 2.45) is 0 Å². The Morgan fingerprint density at radius 2 is 2.09 bits per heavy atom. The maximum Gasteiger partial charge on any atom is 0.162 e. The first-order valence-corrected chi connectivity index (χ1v) is 11.0. The third-order valence-corrected chi connectivity index (χ3v) is 5.62. The minimum absolute atomic E-state index is 0.450. The van der Waals surface area contributed by atoms with Crippen LogP contribution < -0.4 is 14.8 Å². The summed E-state index contributed by atoms with van der Waals surface area (Å²) in [6, 6.07) is 11.3.